The molecule has 1 saturated carbocycles. The Bertz CT molecular complexity index is 273. The molecular weight excluding hydrogens is 266 g/mol. The number of nitrogens with one attached hydrogen (secondary N) is 1. The fraction of sp³-hybridized carbons (Fsp3) is 0.929. The molecule has 0 atom stereocenters. The van der Waals surface area contributed by atoms with Gasteiger partial charge in [0.25, 0.3) is 0 Å². The highest BCUT2D eigenvalue weighted by Gasteiger charge is 2.33. The zero-order valence-corrected chi connectivity index (χ0v) is 12.6. The van der Waals surface area contributed by atoms with E-state index in [1.54, 1.807) is 0 Å². The highest BCUT2D eigenvalue weighted by atomic mass is 35.5. The van der Waals surface area contributed by atoms with Crippen LogP contribution in [0.4, 0.5) is 0 Å². The normalized spacial score (nSPS) is 24.1. The predicted molar refractivity (Wildman–Crippen MR) is 79.3 cm³/mol. The summed E-state index contributed by atoms with van der Waals surface area (Å²) < 4.78 is 0. The van der Waals surface area contributed by atoms with Crippen LogP contribution in [-0.2, 0) is 4.79 Å². The molecule has 0 bridgehead atoms. The van der Waals surface area contributed by atoms with Crippen LogP contribution in [0.2, 0.25) is 0 Å². The lowest BCUT2D eigenvalue weighted by Gasteiger charge is -2.27. The van der Waals surface area contributed by atoms with Crippen molar-refractivity contribution in [1.29, 1.82) is 0 Å². The van der Waals surface area contributed by atoms with Gasteiger partial charge in [-0.2, -0.15) is 11.8 Å². The minimum Gasteiger partial charge on any atom is -0.355 e. The van der Waals surface area contributed by atoms with Gasteiger partial charge in [-0.05, 0) is 43.1 Å². The lowest BCUT2D eigenvalue weighted by molar-refractivity contribution is -0.122. The van der Waals surface area contributed by atoms with E-state index in [0.717, 1.165) is 13.0 Å². The van der Waals surface area contributed by atoms with E-state index in [9.17, 15) is 4.79 Å². The number of halogens is 1. The Kier molecular flexibility index (Phi) is 5.68. The Labute approximate surface area is 120 Å². The second kappa shape index (κ2) is 7.04. The summed E-state index contributed by atoms with van der Waals surface area (Å²) in [6, 6.07) is 0. The summed E-state index contributed by atoms with van der Waals surface area (Å²) in [5.74, 6) is 3.99. The van der Waals surface area contributed by atoms with E-state index in [1.807, 2.05) is 11.8 Å². The van der Waals surface area contributed by atoms with Crippen molar-refractivity contribution < 1.29 is 4.79 Å². The lowest BCUT2D eigenvalue weighted by atomic mass is 9.88. The first-order valence-electron chi connectivity index (χ1n) is 7.14. The van der Waals surface area contributed by atoms with Crippen LogP contribution in [0.3, 0.4) is 0 Å². The van der Waals surface area contributed by atoms with Crippen molar-refractivity contribution in [2.45, 2.75) is 44.9 Å². The molecule has 1 heterocycles. The fourth-order valence-electron chi connectivity index (χ4n) is 3.05. The third kappa shape index (κ3) is 4.06. The quantitative estimate of drug-likeness (QED) is 0.786. The molecular formula is C14H24ClNOS. The minimum absolute atomic E-state index is 0.194. The molecule has 2 aliphatic rings. The maximum absolute atomic E-state index is 12.0. The summed E-state index contributed by atoms with van der Waals surface area (Å²) in [5.41, 5.74) is 0.194. The molecule has 1 saturated heterocycles. The number of amides is 1. The van der Waals surface area contributed by atoms with Gasteiger partial charge in [0.15, 0.2) is 0 Å². The van der Waals surface area contributed by atoms with E-state index in [0.29, 0.717) is 11.8 Å². The monoisotopic (exact) mass is 289 g/mol. The van der Waals surface area contributed by atoms with Crippen molar-refractivity contribution in [2.75, 3.05) is 23.9 Å². The van der Waals surface area contributed by atoms with Crippen LogP contribution in [0.25, 0.3) is 0 Å². The Balaban J connectivity index is 1.70. The average Bonchev–Trinajstić information content (AvgIpc) is 2.87. The first-order chi connectivity index (χ1) is 8.74. The van der Waals surface area contributed by atoms with Crippen LogP contribution in [-0.4, -0.2) is 29.8 Å². The van der Waals surface area contributed by atoms with Crippen molar-refractivity contribution in [3.63, 3.8) is 0 Å². The van der Waals surface area contributed by atoms with Crippen molar-refractivity contribution >= 4 is 29.3 Å². The van der Waals surface area contributed by atoms with Crippen molar-refractivity contribution in [1.82, 2.24) is 5.32 Å². The van der Waals surface area contributed by atoms with Crippen LogP contribution in [0.15, 0.2) is 0 Å². The standard InChI is InChI=1S/C14H24ClNOS/c15-10-14(5-1-2-6-14)11-16-13(17)9-12-3-7-18-8-4-12/h12H,1-11H2,(H,16,17). The van der Waals surface area contributed by atoms with Gasteiger partial charge in [0.1, 0.15) is 0 Å². The molecule has 0 unspecified atom stereocenters. The molecule has 1 aliphatic carbocycles. The number of rotatable bonds is 5. The third-order valence-corrected chi connectivity index (χ3v) is 6.04. The molecule has 0 radical (unpaired) electrons. The lowest BCUT2D eigenvalue weighted by Crippen LogP contribution is -2.38. The Morgan fingerprint density at radius 2 is 1.94 bits per heavy atom. The molecule has 18 heavy (non-hydrogen) atoms. The van der Waals surface area contributed by atoms with E-state index in [1.165, 1.54) is 50.0 Å². The molecule has 1 amide bonds. The highest BCUT2D eigenvalue weighted by Crippen LogP contribution is 2.38. The summed E-state index contributed by atoms with van der Waals surface area (Å²) in [4.78, 5) is 12.0. The molecule has 2 rings (SSSR count). The van der Waals surface area contributed by atoms with E-state index in [2.05, 4.69) is 5.32 Å². The second-order valence-electron chi connectivity index (χ2n) is 5.88. The molecule has 4 heteroatoms. The number of hydrogen-bond donors (Lipinski definition) is 1. The van der Waals surface area contributed by atoms with Crippen LogP contribution in [0.5, 0.6) is 0 Å². The molecule has 0 spiro atoms. The Hall–Kier alpha value is 0.110. The zero-order chi connectivity index (χ0) is 12.8. The number of hydrogen-bond acceptors (Lipinski definition) is 2. The van der Waals surface area contributed by atoms with Gasteiger partial charge in [-0.25, -0.2) is 0 Å². The van der Waals surface area contributed by atoms with Gasteiger partial charge in [0.2, 0.25) is 5.91 Å². The summed E-state index contributed by atoms with van der Waals surface area (Å²) in [6.07, 6.45) is 8.02. The van der Waals surface area contributed by atoms with E-state index < -0.39 is 0 Å². The molecule has 0 aromatic rings. The number of carbonyl (C=O) groups is 1. The Morgan fingerprint density at radius 3 is 2.56 bits per heavy atom. The fourth-order valence-corrected chi connectivity index (χ4v) is 4.62. The number of thioether (sulfide) groups is 1. The Morgan fingerprint density at radius 1 is 1.28 bits per heavy atom. The van der Waals surface area contributed by atoms with E-state index >= 15 is 0 Å². The second-order valence-corrected chi connectivity index (χ2v) is 7.37. The summed E-state index contributed by atoms with van der Waals surface area (Å²) in [5, 5.41) is 3.13. The first-order valence-corrected chi connectivity index (χ1v) is 8.83. The third-order valence-electron chi connectivity index (χ3n) is 4.42. The molecule has 0 aromatic heterocycles. The molecule has 1 aliphatic heterocycles. The SMILES string of the molecule is O=C(CC1CCSCC1)NCC1(CCl)CCCC1. The van der Waals surface area contributed by atoms with Crippen LogP contribution in [0.1, 0.15) is 44.9 Å². The van der Waals surface area contributed by atoms with Gasteiger partial charge in [0.05, 0.1) is 0 Å². The number of alkyl halides is 1. The summed E-state index contributed by atoms with van der Waals surface area (Å²) in [6.45, 7) is 0.788. The molecule has 2 nitrogen and oxygen atoms in total. The minimum atomic E-state index is 0.194. The van der Waals surface area contributed by atoms with E-state index in [-0.39, 0.29) is 11.3 Å². The summed E-state index contributed by atoms with van der Waals surface area (Å²) >= 11 is 8.10. The van der Waals surface area contributed by atoms with Crippen LogP contribution < -0.4 is 5.32 Å². The summed E-state index contributed by atoms with van der Waals surface area (Å²) in [7, 11) is 0. The van der Waals surface area contributed by atoms with Gasteiger partial charge in [-0.1, -0.05) is 12.8 Å². The average molecular weight is 290 g/mol. The highest BCUT2D eigenvalue weighted by molar-refractivity contribution is 7.99. The van der Waals surface area contributed by atoms with E-state index in [4.69, 9.17) is 11.6 Å². The van der Waals surface area contributed by atoms with Gasteiger partial charge >= 0.3 is 0 Å². The largest absolute Gasteiger partial charge is 0.355 e. The van der Waals surface area contributed by atoms with Crippen LogP contribution >= 0.6 is 23.4 Å². The van der Waals surface area contributed by atoms with Crippen molar-refractivity contribution in [3.05, 3.63) is 0 Å². The first kappa shape index (κ1) is 14.5. The van der Waals surface area contributed by atoms with Gasteiger partial charge in [-0.3, -0.25) is 4.79 Å². The maximum Gasteiger partial charge on any atom is 0.220 e. The molecule has 0 aromatic carbocycles. The maximum atomic E-state index is 12.0. The van der Waals surface area contributed by atoms with Crippen molar-refractivity contribution in [3.8, 4) is 0 Å². The van der Waals surface area contributed by atoms with Crippen molar-refractivity contribution in [2.24, 2.45) is 11.3 Å². The smallest absolute Gasteiger partial charge is 0.220 e. The number of carbonyl (C=O) groups excluding carboxylic acids is 1. The van der Waals surface area contributed by atoms with Gasteiger partial charge in [0, 0.05) is 24.3 Å². The zero-order valence-electron chi connectivity index (χ0n) is 11.0. The molecule has 2 fully saturated rings. The molecule has 1 N–H and O–H groups in total. The van der Waals surface area contributed by atoms with Crippen LogP contribution in [0, 0.1) is 11.3 Å². The molecule has 104 valence electrons. The topological polar surface area (TPSA) is 29.1 Å². The predicted octanol–water partition coefficient (Wildman–Crippen LogP) is 3.44. The van der Waals surface area contributed by atoms with Gasteiger partial charge in [-0.15, -0.1) is 11.6 Å². The van der Waals surface area contributed by atoms with Gasteiger partial charge < -0.3 is 5.32 Å².